The van der Waals surface area contributed by atoms with Crippen molar-refractivity contribution < 1.29 is 41.0 Å². The average molecular weight is 447 g/mol. The first-order valence-corrected chi connectivity index (χ1v) is 9.23. The molecule has 1 saturated carbocycles. The highest BCUT2D eigenvalue weighted by atomic mass is 19.3. The third-order valence-electron chi connectivity index (χ3n) is 5.46. The molecule has 31 heavy (non-hydrogen) atoms. The molecule has 1 unspecified atom stereocenters. The Kier molecular flexibility index (Phi) is 4.97. The number of hydrogen-bond donors (Lipinski definition) is 2. The Balaban J connectivity index is 1.54. The molecule has 0 radical (unpaired) electrons. The normalized spacial score (nSPS) is 21.5. The highest BCUT2D eigenvalue weighted by Gasteiger charge is 2.67. The summed E-state index contributed by atoms with van der Waals surface area (Å²) in [4.78, 5) is 23.8. The summed E-state index contributed by atoms with van der Waals surface area (Å²) in [5.41, 5.74) is -1.87. The van der Waals surface area contributed by atoms with Crippen molar-refractivity contribution in [1.82, 2.24) is 15.1 Å². The maximum Gasteiger partial charge on any atom is 0.326 e. The highest BCUT2D eigenvalue weighted by molar-refractivity contribution is 5.83. The molecule has 0 bridgehead atoms. The fraction of sp³-hybridized carbons (Fsp3) is 0.421. The Morgan fingerprint density at radius 2 is 1.87 bits per heavy atom. The summed E-state index contributed by atoms with van der Waals surface area (Å²) in [7, 11) is 0. The van der Waals surface area contributed by atoms with Crippen LogP contribution in [0.3, 0.4) is 0 Å². The third-order valence-corrected chi connectivity index (χ3v) is 5.46. The summed E-state index contributed by atoms with van der Waals surface area (Å²) in [5.74, 6) is -9.78. The van der Waals surface area contributed by atoms with E-state index in [1.807, 2.05) is 0 Å². The van der Waals surface area contributed by atoms with Gasteiger partial charge in [0.05, 0.1) is 0 Å². The van der Waals surface area contributed by atoms with E-state index in [0.717, 1.165) is 12.1 Å². The summed E-state index contributed by atoms with van der Waals surface area (Å²) in [5, 5.41) is 14.8. The molecule has 1 fully saturated rings. The molecule has 3 atom stereocenters. The van der Waals surface area contributed by atoms with Crippen molar-refractivity contribution in [3.8, 4) is 0 Å². The molecule has 1 amide bonds. The molecule has 1 aromatic heterocycles. The lowest BCUT2D eigenvalue weighted by molar-refractivity contribution is -0.142. The van der Waals surface area contributed by atoms with Crippen molar-refractivity contribution in [1.29, 1.82) is 0 Å². The predicted molar refractivity (Wildman–Crippen MR) is 91.6 cm³/mol. The quantitative estimate of drug-likeness (QED) is 0.639. The number of carbonyl (C=O) groups is 2. The van der Waals surface area contributed by atoms with Crippen molar-refractivity contribution >= 4 is 11.9 Å². The van der Waals surface area contributed by atoms with E-state index in [0.29, 0.717) is 10.7 Å². The fourth-order valence-corrected chi connectivity index (χ4v) is 4.12. The van der Waals surface area contributed by atoms with Crippen LogP contribution in [0.2, 0.25) is 0 Å². The predicted octanol–water partition coefficient (Wildman–Crippen LogP) is 3.12. The Morgan fingerprint density at radius 1 is 1.23 bits per heavy atom. The molecule has 4 rings (SSSR count). The minimum atomic E-state index is -3.42. The number of nitrogens with one attached hydrogen (secondary N) is 1. The van der Waals surface area contributed by atoms with Gasteiger partial charge in [-0.15, -0.1) is 0 Å². The zero-order valence-corrected chi connectivity index (χ0v) is 15.6. The van der Waals surface area contributed by atoms with Gasteiger partial charge in [0.15, 0.2) is 0 Å². The fourth-order valence-electron chi connectivity index (χ4n) is 4.12. The Labute approximate surface area is 170 Å². The van der Waals surface area contributed by atoms with E-state index in [9.17, 15) is 41.0 Å². The highest BCUT2D eigenvalue weighted by Crippen LogP contribution is 2.68. The number of aliphatic carboxylic acids is 1. The van der Waals surface area contributed by atoms with Crippen molar-refractivity contribution in [3.63, 3.8) is 0 Å². The standard InChI is InChI=1S/C19H15F6N3O3/c20-8-1-7(2-9(21)4-8)3-12(18(30)31)26-13(29)6-28-16-14(15(27-28)17(22)23)10-5-11(10)19(16,24)25/h1-2,4,10-12,17H,3,5-6H2,(H,26,29)(H,30,31)/t10-,11+,12?/m0/s1. The number of fused-ring (bicyclic) bond motifs is 3. The minimum absolute atomic E-state index is 0.0584. The third kappa shape index (κ3) is 3.74. The number of halogens is 6. The second-order valence-electron chi connectivity index (χ2n) is 7.62. The number of aromatic nitrogens is 2. The van der Waals surface area contributed by atoms with Crippen LogP contribution in [0.25, 0.3) is 0 Å². The van der Waals surface area contributed by atoms with E-state index < -0.39 is 78.1 Å². The van der Waals surface area contributed by atoms with Crippen LogP contribution in [0.15, 0.2) is 18.2 Å². The molecule has 2 aromatic rings. The largest absolute Gasteiger partial charge is 0.480 e. The number of hydrogen-bond acceptors (Lipinski definition) is 3. The summed E-state index contributed by atoms with van der Waals surface area (Å²) < 4.78 is 82.7. The molecule has 2 N–H and O–H groups in total. The number of carboxylic acids is 1. The summed E-state index contributed by atoms with van der Waals surface area (Å²) in [6, 6.07) is 0.711. The van der Waals surface area contributed by atoms with Crippen molar-refractivity contribution in [2.45, 2.75) is 43.7 Å². The van der Waals surface area contributed by atoms with Gasteiger partial charge in [-0.3, -0.25) is 9.48 Å². The number of rotatable bonds is 7. The molecular formula is C19H15F6N3O3. The number of alkyl halides is 4. The lowest BCUT2D eigenvalue weighted by Crippen LogP contribution is -2.44. The Hall–Kier alpha value is -3.05. The maximum absolute atomic E-state index is 14.5. The van der Waals surface area contributed by atoms with Crippen LogP contribution >= 0.6 is 0 Å². The van der Waals surface area contributed by atoms with Gasteiger partial charge >= 0.3 is 5.97 Å². The van der Waals surface area contributed by atoms with E-state index in [-0.39, 0.29) is 17.5 Å². The molecule has 1 heterocycles. The van der Waals surface area contributed by atoms with Gasteiger partial charge in [0.1, 0.15) is 35.6 Å². The van der Waals surface area contributed by atoms with Gasteiger partial charge in [0.2, 0.25) is 5.91 Å². The molecule has 12 heteroatoms. The SMILES string of the molecule is O=C(Cn1nc(C(F)F)c2c1C(F)(F)[C@@H]1C[C@H]21)NC(Cc1cc(F)cc(F)c1)C(=O)O. The Bertz CT molecular complexity index is 1050. The zero-order chi connectivity index (χ0) is 22.7. The van der Waals surface area contributed by atoms with Gasteiger partial charge in [-0.05, 0) is 30.0 Å². The average Bonchev–Trinajstić information content (AvgIpc) is 3.29. The topological polar surface area (TPSA) is 84.2 Å². The second kappa shape index (κ2) is 7.27. The molecule has 0 aliphatic heterocycles. The summed E-state index contributed by atoms with van der Waals surface area (Å²) in [6.45, 7) is -0.911. The number of benzene rings is 1. The first kappa shape index (κ1) is 21.2. The first-order chi connectivity index (χ1) is 14.5. The first-order valence-electron chi connectivity index (χ1n) is 9.23. The van der Waals surface area contributed by atoms with Crippen LogP contribution in [0.4, 0.5) is 26.3 Å². The van der Waals surface area contributed by atoms with Gasteiger partial charge in [-0.25, -0.2) is 22.4 Å². The molecule has 1 aromatic carbocycles. The van der Waals surface area contributed by atoms with Gasteiger partial charge in [-0.1, -0.05) is 0 Å². The summed E-state index contributed by atoms with van der Waals surface area (Å²) in [6.07, 6.45) is -3.54. The van der Waals surface area contributed by atoms with Gasteiger partial charge in [0, 0.05) is 24.0 Å². The minimum Gasteiger partial charge on any atom is -0.480 e. The molecule has 6 nitrogen and oxygen atoms in total. The van der Waals surface area contributed by atoms with Crippen LogP contribution in [0.1, 0.15) is 41.3 Å². The van der Waals surface area contributed by atoms with Gasteiger partial charge in [-0.2, -0.15) is 13.9 Å². The van der Waals surface area contributed by atoms with Crippen molar-refractivity contribution in [2.24, 2.45) is 5.92 Å². The van der Waals surface area contributed by atoms with Crippen molar-refractivity contribution in [2.75, 3.05) is 0 Å². The van der Waals surface area contributed by atoms with Crippen molar-refractivity contribution in [3.05, 3.63) is 52.3 Å². The van der Waals surface area contributed by atoms with Crippen LogP contribution in [0, 0.1) is 17.6 Å². The molecule has 2 aliphatic rings. The molecule has 0 saturated heterocycles. The number of amides is 1. The van der Waals surface area contributed by atoms with E-state index in [1.165, 1.54) is 0 Å². The number of carbonyl (C=O) groups excluding carboxylic acids is 1. The number of nitrogens with zero attached hydrogens (tertiary/aromatic N) is 2. The van der Waals surface area contributed by atoms with Crippen LogP contribution < -0.4 is 5.32 Å². The van der Waals surface area contributed by atoms with E-state index in [2.05, 4.69) is 10.4 Å². The second-order valence-corrected chi connectivity index (χ2v) is 7.62. The van der Waals surface area contributed by atoms with E-state index in [1.54, 1.807) is 0 Å². The molecule has 2 aliphatic carbocycles. The monoisotopic (exact) mass is 447 g/mol. The summed E-state index contributed by atoms with van der Waals surface area (Å²) >= 11 is 0. The van der Waals surface area contributed by atoms with Crippen LogP contribution in [-0.4, -0.2) is 32.8 Å². The van der Waals surface area contributed by atoms with E-state index in [4.69, 9.17) is 0 Å². The molecule has 0 spiro atoms. The van der Waals surface area contributed by atoms with E-state index >= 15 is 0 Å². The lowest BCUT2D eigenvalue weighted by Gasteiger charge is -2.17. The zero-order valence-electron chi connectivity index (χ0n) is 15.6. The van der Waals surface area contributed by atoms with Crippen LogP contribution in [0.5, 0.6) is 0 Å². The van der Waals surface area contributed by atoms with Gasteiger partial charge < -0.3 is 10.4 Å². The molecular weight excluding hydrogens is 432 g/mol. The van der Waals surface area contributed by atoms with Gasteiger partial charge in [0.25, 0.3) is 12.3 Å². The Morgan fingerprint density at radius 3 is 2.45 bits per heavy atom. The lowest BCUT2D eigenvalue weighted by atomic mass is 10.1. The smallest absolute Gasteiger partial charge is 0.326 e. The number of carboxylic acid groups (broad SMARTS) is 1. The molecule has 166 valence electrons. The maximum atomic E-state index is 14.5. The van der Waals surface area contributed by atoms with Crippen LogP contribution in [-0.2, 0) is 28.5 Å².